The summed E-state index contributed by atoms with van der Waals surface area (Å²) in [5.74, 6) is 0.129. The molecule has 0 radical (unpaired) electrons. The Labute approximate surface area is 107 Å². The number of hydrogen-bond donors (Lipinski definition) is 1. The molecule has 1 fully saturated rings. The summed E-state index contributed by atoms with van der Waals surface area (Å²) in [6, 6.07) is 8.39. The lowest BCUT2D eigenvalue weighted by Crippen LogP contribution is -2.26. The minimum atomic E-state index is -0.730. The smallest absolute Gasteiger partial charge is 0.304 e. The summed E-state index contributed by atoms with van der Waals surface area (Å²) in [6.45, 7) is 1.60. The number of hydrogen-bond acceptors (Lipinski definition) is 3. The van der Waals surface area contributed by atoms with E-state index >= 15 is 0 Å². The molecule has 1 unspecified atom stereocenters. The zero-order chi connectivity index (χ0) is 13.0. The molecule has 1 N–H and O–H groups in total. The van der Waals surface area contributed by atoms with Crippen LogP contribution in [-0.4, -0.2) is 36.2 Å². The standard InChI is InChI=1S/C14H19NO3/c1-18-12-5-2-4-11(10-12)13-6-3-8-15(13)9-7-14(16)17/h2,4-5,10,13H,3,6-9H2,1H3,(H,16,17). The van der Waals surface area contributed by atoms with Crippen LogP contribution in [0, 0.1) is 0 Å². The van der Waals surface area contributed by atoms with Gasteiger partial charge in [-0.05, 0) is 37.1 Å². The lowest BCUT2D eigenvalue weighted by Gasteiger charge is -2.24. The Hall–Kier alpha value is -1.55. The van der Waals surface area contributed by atoms with Gasteiger partial charge in [0.15, 0.2) is 0 Å². The van der Waals surface area contributed by atoms with Crippen molar-refractivity contribution in [3.63, 3.8) is 0 Å². The molecule has 1 aromatic carbocycles. The van der Waals surface area contributed by atoms with Gasteiger partial charge in [0, 0.05) is 12.6 Å². The van der Waals surface area contributed by atoms with Crippen LogP contribution >= 0.6 is 0 Å². The Balaban J connectivity index is 2.07. The van der Waals surface area contributed by atoms with Crippen LogP contribution in [-0.2, 0) is 4.79 Å². The second-order valence-electron chi connectivity index (χ2n) is 4.61. The molecule has 1 atom stereocenters. The number of carboxylic acid groups (broad SMARTS) is 1. The molecule has 1 aromatic rings. The molecule has 1 heterocycles. The van der Waals surface area contributed by atoms with E-state index in [1.165, 1.54) is 5.56 Å². The van der Waals surface area contributed by atoms with Crippen molar-refractivity contribution in [2.45, 2.75) is 25.3 Å². The van der Waals surface area contributed by atoms with Gasteiger partial charge in [-0.3, -0.25) is 9.69 Å². The van der Waals surface area contributed by atoms with E-state index in [4.69, 9.17) is 9.84 Å². The van der Waals surface area contributed by atoms with Crippen LogP contribution in [0.15, 0.2) is 24.3 Å². The van der Waals surface area contributed by atoms with Crippen molar-refractivity contribution in [3.05, 3.63) is 29.8 Å². The van der Waals surface area contributed by atoms with Gasteiger partial charge in [0.05, 0.1) is 13.5 Å². The fourth-order valence-corrected chi connectivity index (χ4v) is 2.56. The van der Waals surface area contributed by atoms with Crippen molar-refractivity contribution >= 4 is 5.97 Å². The molecule has 2 rings (SSSR count). The first-order valence-electron chi connectivity index (χ1n) is 6.30. The molecular weight excluding hydrogens is 230 g/mol. The van der Waals surface area contributed by atoms with Crippen molar-refractivity contribution < 1.29 is 14.6 Å². The van der Waals surface area contributed by atoms with Gasteiger partial charge in [0.1, 0.15) is 5.75 Å². The molecule has 1 aliphatic heterocycles. The van der Waals surface area contributed by atoms with E-state index in [0.29, 0.717) is 12.6 Å². The third-order valence-electron chi connectivity index (χ3n) is 3.46. The number of aliphatic carboxylic acids is 1. The molecular formula is C14H19NO3. The maximum atomic E-state index is 10.7. The van der Waals surface area contributed by atoms with Crippen LogP contribution < -0.4 is 4.74 Å². The highest BCUT2D eigenvalue weighted by Crippen LogP contribution is 2.33. The average Bonchev–Trinajstić information content (AvgIpc) is 2.84. The highest BCUT2D eigenvalue weighted by Gasteiger charge is 2.26. The van der Waals surface area contributed by atoms with E-state index in [1.807, 2.05) is 18.2 Å². The highest BCUT2D eigenvalue weighted by atomic mass is 16.5. The molecule has 18 heavy (non-hydrogen) atoms. The predicted octanol–water partition coefficient (Wildman–Crippen LogP) is 2.31. The first-order valence-corrected chi connectivity index (χ1v) is 6.30. The molecule has 1 aliphatic rings. The summed E-state index contributed by atoms with van der Waals surface area (Å²) in [7, 11) is 1.66. The van der Waals surface area contributed by atoms with E-state index in [2.05, 4.69) is 11.0 Å². The van der Waals surface area contributed by atoms with E-state index in [0.717, 1.165) is 25.1 Å². The van der Waals surface area contributed by atoms with Crippen LogP contribution in [0.25, 0.3) is 0 Å². The zero-order valence-electron chi connectivity index (χ0n) is 10.6. The van der Waals surface area contributed by atoms with Crippen LogP contribution in [0.5, 0.6) is 5.75 Å². The molecule has 4 heteroatoms. The molecule has 1 saturated heterocycles. The van der Waals surface area contributed by atoms with Crippen molar-refractivity contribution in [1.29, 1.82) is 0 Å². The number of methoxy groups -OCH3 is 1. The van der Waals surface area contributed by atoms with Crippen LogP contribution in [0.4, 0.5) is 0 Å². The van der Waals surface area contributed by atoms with Crippen molar-refractivity contribution in [2.24, 2.45) is 0 Å². The minimum Gasteiger partial charge on any atom is -0.497 e. The summed E-state index contributed by atoms with van der Waals surface area (Å²) < 4.78 is 5.24. The van der Waals surface area contributed by atoms with Gasteiger partial charge in [-0.15, -0.1) is 0 Å². The SMILES string of the molecule is COc1cccc(C2CCCN2CCC(=O)O)c1. The molecule has 0 spiro atoms. The van der Waals surface area contributed by atoms with Gasteiger partial charge in [-0.25, -0.2) is 0 Å². The Morgan fingerprint density at radius 3 is 3.11 bits per heavy atom. The molecule has 0 amide bonds. The fourth-order valence-electron chi connectivity index (χ4n) is 2.56. The first-order chi connectivity index (χ1) is 8.70. The summed E-state index contributed by atoms with van der Waals surface area (Å²) in [6.07, 6.45) is 2.43. The van der Waals surface area contributed by atoms with Gasteiger partial charge in [0.25, 0.3) is 0 Å². The summed E-state index contributed by atoms with van der Waals surface area (Å²) in [5.41, 5.74) is 1.22. The van der Waals surface area contributed by atoms with Crippen molar-refractivity contribution in [3.8, 4) is 5.75 Å². The maximum absolute atomic E-state index is 10.7. The number of carboxylic acids is 1. The second-order valence-corrected chi connectivity index (χ2v) is 4.61. The lowest BCUT2D eigenvalue weighted by atomic mass is 10.0. The van der Waals surface area contributed by atoms with Gasteiger partial charge < -0.3 is 9.84 Å². The Morgan fingerprint density at radius 2 is 2.39 bits per heavy atom. The lowest BCUT2D eigenvalue weighted by molar-refractivity contribution is -0.137. The zero-order valence-corrected chi connectivity index (χ0v) is 10.6. The average molecular weight is 249 g/mol. The summed E-state index contributed by atoms with van der Waals surface area (Å²) >= 11 is 0. The fraction of sp³-hybridized carbons (Fsp3) is 0.500. The van der Waals surface area contributed by atoms with Crippen molar-refractivity contribution in [2.75, 3.05) is 20.2 Å². The molecule has 0 bridgehead atoms. The van der Waals surface area contributed by atoms with Crippen LogP contribution in [0.1, 0.15) is 30.9 Å². The van der Waals surface area contributed by atoms with Gasteiger partial charge in [-0.1, -0.05) is 12.1 Å². The number of carbonyl (C=O) groups is 1. The molecule has 98 valence electrons. The van der Waals surface area contributed by atoms with Gasteiger partial charge in [-0.2, -0.15) is 0 Å². The molecule has 0 aromatic heterocycles. The van der Waals surface area contributed by atoms with E-state index < -0.39 is 5.97 Å². The number of rotatable bonds is 5. The Kier molecular flexibility index (Phi) is 4.20. The topological polar surface area (TPSA) is 49.8 Å². The molecule has 0 saturated carbocycles. The van der Waals surface area contributed by atoms with E-state index in [-0.39, 0.29) is 6.42 Å². The van der Waals surface area contributed by atoms with E-state index in [9.17, 15) is 4.79 Å². The molecule has 0 aliphatic carbocycles. The monoisotopic (exact) mass is 249 g/mol. The maximum Gasteiger partial charge on any atom is 0.304 e. The number of benzene rings is 1. The number of likely N-dealkylation sites (tertiary alicyclic amines) is 1. The van der Waals surface area contributed by atoms with Crippen LogP contribution in [0.3, 0.4) is 0 Å². The van der Waals surface area contributed by atoms with E-state index in [1.54, 1.807) is 7.11 Å². The quantitative estimate of drug-likeness (QED) is 0.870. The normalized spacial score (nSPS) is 19.9. The third kappa shape index (κ3) is 3.01. The summed E-state index contributed by atoms with van der Waals surface area (Å²) in [5, 5.41) is 8.77. The Morgan fingerprint density at radius 1 is 1.56 bits per heavy atom. The van der Waals surface area contributed by atoms with Gasteiger partial charge >= 0.3 is 5.97 Å². The minimum absolute atomic E-state index is 0.209. The predicted molar refractivity (Wildman–Crippen MR) is 68.8 cm³/mol. The largest absolute Gasteiger partial charge is 0.497 e. The summed E-state index contributed by atoms with van der Waals surface area (Å²) in [4.78, 5) is 12.9. The number of ether oxygens (including phenoxy) is 1. The molecule has 4 nitrogen and oxygen atoms in total. The van der Waals surface area contributed by atoms with Gasteiger partial charge in [0.2, 0.25) is 0 Å². The third-order valence-corrected chi connectivity index (χ3v) is 3.46. The van der Waals surface area contributed by atoms with Crippen LogP contribution in [0.2, 0.25) is 0 Å². The van der Waals surface area contributed by atoms with Crippen molar-refractivity contribution in [1.82, 2.24) is 4.90 Å². The highest BCUT2D eigenvalue weighted by molar-refractivity contribution is 5.66. The number of nitrogens with zero attached hydrogens (tertiary/aromatic N) is 1. The Bertz CT molecular complexity index is 419. The first kappa shape index (κ1) is 12.9. The second kappa shape index (κ2) is 5.87.